The van der Waals surface area contributed by atoms with Crippen molar-refractivity contribution in [2.75, 3.05) is 57.1 Å². The van der Waals surface area contributed by atoms with Crippen LogP contribution in [-0.2, 0) is 14.2 Å². The molecule has 0 saturated carbocycles. The molecule has 0 bridgehead atoms. The summed E-state index contributed by atoms with van der Waals surface area (Å²) in [6.45, 7) is 23.3. The van der Waals surface area contributed by atoms with Gasteiger partial charge in [0.1, 0.15) is 0 Å². The molecule has 2 amide bonds. The summed E-state index contributed by atoms with van der Waals surface area (Å²) in [4.78, 5) is 36.0. The molecule has 0 radical (unpaired) electrons. The summed E-state index contributed by atoms with van der Waals surface area (Å²) < 4.78 is 17.6. The van der Waals surface area contributed by atoms with Gasteiger partial charge in [0.2, 0.25) is 0 Å². The van der Waals surface area contributed by atoms with Gasteiger partial charge >= 0.3 is 0 Å². The van der Waals surface area contributed by atoms with Crippen LogP contribution in [0.1, 0.15) is 122 Å². The predicted octanol–water partition coefficient (Wildman–Crippen LogP) is 5.42. The molecule has 1 rings (SSSR count). The number of hydrogen-bond donors (Lipinski definition) is 4. The minimum absolute atomic E-state index is 0.125. The molecule has 1 heterocycles. The van der Waals surface area contributed by atoms with E-state index in [2.05, 4.69) is 45.1 Å². The highest BCUT2D eigenvalue weighted by molar-refractivity contribution is 6.01. The van der Waals surface area contributed by atoms with Crippen molar-refractivity contribution >= 4 is 23.5 Å². The van der Waals surface area contributed by atoms with E-state index in [1.165, 1.54) is 0 Å². The van der Waals surface area contributed by atoms with Gasteiger partial charge in [0.25, 0.3) is 11.8 Å². The van der Waals surface area contributed by atoms with Crippen molar-refractivity contribution in [1.82, 2.24) is 20.6 Å². The average molecular weight is 609 g/mol. The Bertz CT molecular complexity index is 997. The molecule has 1 aromatic rings. The van der Waals surface area contributed by atoms with E-state index in [-0.39, 0.29) is 46.7 Å². The third-order valence-electron chi connectivity index (χ3n) is 7.04. The highest BCUT2D eigenvalue weighted by Gasteiger charge is 2.27. The van der Waals surface area contributed by atoms with Gasteiger partial charge in [0.15, 0.2) is 23.0 Å². The van der Waals surface area contributed by atoms with Crippen molar-refractivity contribution < 1.29 is 23.8 Å². The zero-order chi connectivity index (χ0) is 32.7. The Morgan fingerprint density at radius 1 is 0.721 bits per heavy atom. The third kappa shape index (κ3) is 15.2. The minimum Gasteiger partial charge on any atom is -0.379 e. The van der Waals surface area contributed by atoms with Gasteiger partial charge in [0.05, 0.1) is 23.4 Å². The fourth-order valence-corrected chi connectivity index (χ4v) is 3.79. The first-order chi connectivity index (χ1) is 20.1. The molecule has 0 aliphatic heterocycles. The molecule has 43 heavy (non-hydrogen) atoms. The Morgan fingerprint density at radius 3 is 1.72 bits per heavy atom. The van der Waals surface area contributed by atoms with Crippen LogP contribution in [0.15, 0.2) is 0 Å². The Balaban J connectivity index is 3.07. The molecule has 248 valence electrons. The van der Waals surface area contributed by atoms with E-state index in [9.17, 15) is 9.59 Å². The Labute approximate surface area is 260 Å². The number of aromatic nitrogens is 2. The third-order valence-corrected chi connectivity index (χ3v) is 7.04. The van der Waals surface area contributed by atoms with Crippen LogP contribution in [0.2, 0.25) is 0 Å². The van der Waals surface area contributed by atoms with Gasteiger partial charge in [-0.1, -0.05) is 27.7 Å². The molecular formula is C32H60N6O5. The van der Waals surface area contributed by atoms with Crippen LogP contribution in [0.4, 0.5) is 11.6 Å². The average Bonchev–Trinajstić information content (AvgIpc) is 2.92. The second-order valence-electron chi connectivity index (χ2n) is 13.3. The molecule has 0 aromatic carbocycles. The molecule has 11 nitrogen and oxygen atoms in total. The molecule has 0 atom stereocenters. The smallest absolute Gasteiger partial charge is 0.273 e. The summed E-state index contributed by atoms with van der Waals surface area (Å²) in [6.07, 6.45) is 3.97. The number of anilines is 2. The predicted molar refractivity (Wildman–Crippen MR) is 174 cm³/mol. The van der Waals surface area contributed by atoms with Gasteiger partial charge in [-0.25, -0.2) is 9.97 Å². The lowest BCUT2D eigenvalue weighted by Gasteiger charge is -2.29. The monoisotopic (exact) mass is 608 g/mol. The number of nitrogens with zero attached hydrogens (tertiary/aromatic N) is 2. The maximum atomic E-state index is 13.4. The van der Waals surface area contributed by atoms with Crippen LogP contribution in [0.25, 0.3) is 0 Å². The summed E-state index contributed by atoms with van der Waals surface area (Å²) in [5, 5.41) is 12.3. The Morgan fingerprint density at radius 2 is 1.23 bits per heavy atom. The molecular weight excluding hydrogens is 548 g/mol. The highest BCUT2D eigenvalue weighted by atomic mass is 16.5. The van der Waals surface area contributed by atoms with Crippen LogP contribution in [0.5, 0.6) is 0 Å². The van der Waals surface area contributed by atoms with Gasteiger partial charge in [0, 0.05) is 39.9 Å². The van der Waals surface area contributed by atoms with Crippen molar-refractivity contribution in [2.45, 2.75) is 118 Å². The van der Waals surface area contributed by atoms with E-state index in [1.54, 1.807) is 7.11 Å². The topological polar surface area (TPSA) is 136 Å². The van der Waals surface area contributed by atoms with Gasteiger partial charge in [-0.3, -0.25) is 9.59 Å². The molecule has 0 unspecified atom stereocenters. The first kappa shape index (κ1) is 38.5. The summed E-state index contributed by atoms with van der Waals surface area (Å²) in [6, 6.07) is 0. The summed E-state index contributed by atoms with van der Waals surface area (Å²) >= 11 is 0. The van der Waals surface area contributed by atoms with Gasteiger partial charge < -0.3 is 35.5 Å². The van der Waals surface area contributed by atoms with Crippen molar-refractivity contribution in [3.63, 3.8) is 0 Å². The Kier molecular flexibility index (Phi) is 16.4. The standard InChI is InChI=1S/C32H60N6O5/c1-12-17-33-26-24(28(39)35-19-15-31(7,8)42-20-14-23(3)4)37-27(34-18-13-2)25(38-26)29(40)36-22-32(9,10)43-21-16-30(5,6)41-11/h23H,12-22H2,1-11H3,(H,33,38)(H,34,37)(H,35,39)(H,36,40). The lowest BCUT2D eigenvalue weighted by molar-refractivity contribution is -0.0562. The number of hydrogen-bond acceptors (Lipinski definition) is 9. The second-order valence-corrected chi connectivity index (χ2v) is 13.3. The fourth-order valence-electron chi connectivity index (χ4n) is 3.79. The largest absolute Gasteiger partial charge is 0.379 e. The molecule has 11 heteroatoms. The zero-order valence-electron chi connectivity index (χ0n) is 28.8. The quantitative estimate of drug-likeness (QED) is 0.136. The normalized spacial score (nSPS) is 12.4. The summed E-state index contributed by atoms with van der Waals surface area (Å²) in [5.74, 6) is 0.360. The molecule has 0 aliphatic rings. The molecule has 1 aromatic heterocycles. The fraction of sp³-hybridized carbons (Fsp3) is 0.812. The second kappa shape index (κ2) is 18.3. The van der Waals surface area contributed by atoms with Crippen molar-refractivity contribution in [2.24, 2.45) is 5.92 Å². The lowest BCUT2D eigenvalue weighted by atomic mass is 10.0. The van der Waals surface area contributed by atoms with Crippen LogP contribution in [0.3, 0.4) is 0 Å². The molecule has 0 fully saturated rings. The number of ether oxygens (including phenoxy) is 3. The van der Waals surface area contributed by atoms with Gasteiger partial charge in [-0.2, -0.15) is 0 Å². The maximum absolute atomic E-state index is 13.4. The summed E-state index contributed by atoms with van der Waals surface area (Å²) in [5.41, 5.74) is -1.00. The Hall–Kier alpha value is -2.50. The first-order valence-electron chi connectivity index (χ1n) is 15.9. The molecule has 4 N–H and O–H groups in total. The van der Waals surface area contributed by atoms with E-state index in [1.807, 2.05) is 55.4 Å². The number of carbonyl (C=O) groups excluding carboxylic acids is 2. The van der Waals surface area contributed by atoms with Crippen molar-refractivity contribution in [3.8, 4) is 0 Å². The van der Waals surface area contributed by atoms with Crippen molar-refractivity contribution in [1.29, 1.82) is 0 Å². The zero-order valence-corrected chi connectivity index (χ0v) is 28.8. The van der Waals surface area contributed by atoms with E-state index in [0.29, 0.717) is 45.2 Å². The number of rotatable bonds is 22. The van der Waals surface area contributed by atoms with Crippen LogP contribution >= 0.6 is 0 Å². The van der Waals surface area contributed by atoms with Gasteiger partial charge in [-0.15, -0.1) is 0 Å². The number of amides is 2. The highest BCUT2D eigenvalue weighted by Crippen LogP contribution is 2.21. The van der Waals surface area contributed by atoms with Crippen LogP contribution < -0.4 is 21.3 Å². The minimum atomic E-state index is -0.612. The molecule has 0 saturated heterocycles. The van der Waals surface area contributed by atoms with E-state index >= 15 is 0 Å². The number of carbonyl (C=O) groups is 2. The SMILES string of the molecule is CCCNc1nc(C(=O)NCC(C)(C)OCCC(C)(C)OC)c(NCCC)nc1C(=O)NCCC(C)(C)OCCC(C)C. The maximum Gasteiger partial charge on any atom is 0.273 e. The van der Waals surface area contributed by atoms with Crippen molar-refractivity contribution in [3.05, 3.63) is 11.4 Å². The number of nitrogens with one attached hydrogen (secondary N) is 4. The lowest BCUT2D eigenvalue weighted by Crippen LogP contribution is -2.42. The molecule has 0 spiro atoms. The van der Waals surface area contributed by atoms with E-state index in [4.69, 9.17) is 14.2 Å². The van der Waals surface area contributed by atoms with E-state index < -0.39 is 11.5 Å². The van der Waals surface area contributed by atoms with Crippen LogP contribution in [-0.4, -0.2) is 85.1 Å². The molecule has 0 aliphatic carbocycles. The first-order valence-corrected chi connectivity index (χ1v) is 15.9. The summed E-state index contributed by atoms with van der Waals surface area (Å²) in [7, 11) is 1.68. The van der Waals surface area contributed by atoms with E-state index in [0.717, 1.165) is 25.7 Å². The van der Waals surface area contributed by atoms with Crippen LogP contribution in [0, 0.1) is 5.92 Å². The van der Waals surface area contributed by atoms with Gasteiger partial charge in [-0.05, 0) is 79.6 Å². The number of methoxy groups -OCH3 is 1.